The minimum Gasteiger partial charge on any atom is -0.507 e. The van der Waals surface area contributed by atoms with Gasteiger partial charge in [0.15, 0.2) is 0 Å². The summed E-state index contributed by atoms with van der Waals surface area (Å²) >= 11 is 0. The number of amides is 1. The predicted molar refractivity (Wildman–Crippen MR) is 121 cm³/mol. The van der Waals surface area contributed by atoms with Gasteiger partial charge >= 0.3 is 5.97 Å². The average Bonchev–Trinajstić information content (AvgIpc) is 3.08. The monoisotopic (exact) mass is 453 g/mol. The van der Waals surface area contributed by atoms with Crippen LogP contribution in [0.15, 0.2) is 54.1 Å². The van der Waals surface area contributed by atoms with E-state index in [4.69, 9.17) is 14.6 Å². The SMILES string of the molecule is COc1ccc(C2/C(=C(/O)c3ccccc3)C(=O)C(=O)N2CCCCCC(=O)O)c(OC)c1. The van der Waals surface area contributed by atoms with E-state index in [1.807, 2.05) is 0 Å². The molecule has 0 saturated carbocycles. The van der Waals surface area contributed by atoms with Crippen LogP contribution in [0, 0.1) is 0 Å². The quantitative estimate of drug-likeness (QED) is 0.244. The molecule has 3 rings (SSSR count). The first-order valence-corrected chi connectivity index (χ1v) is 10.7. The number of likely N-dealkylation sites (tertiary alicyclic amines) is 1. The van der Waals surface area contributed by atoms with Crippen molar-refractivity contribution < 1.29 is 34.1 Å². The van der Waals surface area contributed by atoms with Crippen molar-refractivity contribution in [2.75, 3.05) is 20.8 Å². The van der Waals surface area contributed by atoms with Crippen molar-refractivity contribution in [2.45, 2.75) is 31.7 Å². The summed E-state index contributed by atoms with van der Waals surface area (Å²) in [6, 6.07) is 12.8. The predicted octanol–water partition coefficient (Wildman–Crippen LogP) is 3.77. The third kappa shape index (κ3) is 5.16. The molecule has 33 heavy (non-hydrogen) atoms. The maximum Gasteiger partial charge on any atom is 0.303 e. The molecule has 0 spiro atoms. The van der Waals surface area contributed by atoms with Gasteiger partial charge in [-0.15, -0.1) is 0 Å². The van der Waals surface area contributed by atoms with Crippen LogP contribution in [0.4, 0.5) is 0 Å². The number of carboxylic acid groups (broad SMARTS) is 1. The van der Waals surface area contributed by atoms with Gasteiger partial charge in [0.25, 0.3) is 11.7 Å². The minimum absolute atomic E-state index is 0.0137. The summed E-state index contributed by atoms with van der Waals surface area (Å²) in [5, 5.41) is 19.9. The number of ether oxygens (including phenoxy) is 2. The van der Waals surface area contributed by atoms with Crippen LogP contribution in [-0.4, -0.2) is 53.5 Å². The summed E-state index contributed by atoms with van der Waals surface area (Å²) in [5.41, 5.74) is 0.954. The van der Waals surface area contributed by atoms with Crippen molar-refractivity contribution in [1.29, 1.82) is 0 Å². The number of aliphatic hydroxyl groups is 1. The summed E-state index contributed by atoms with van der Waals surface area (Å²) in [6.07, 6.45) is 1.61. The number of benzene rings is 2. The number of ketones is 1. The summed E-state index contributed by atoms with van der Waals surface area (Å²) in [5.74, 6) is -1.66. The number of rotatable bonds is 10. The molecule has 174 valence electrons. The van der Waals surface area contributed by atoms with Gasteiger partial charge in [-0.2, -0.15) is 0 Å². The van der Waals surface area contributed by atoms with Gasteiger partial charge in [0.2, 0.25) is 0 Å². The standard InChI is InChI=1S/C25H27NO7/c1-32-17-12-13-18(19(15-17)33-2)22-21(23(29)16-9-5-3-6-10-16)24(30)25(31)26(22)14-8-4-7-11-20(27)28/h3,5-6,9-10,12-13,15,22,29H,4,7-8,11,14H2,1-2H3,(H,27,28)/b23-21-. The van der Waals surface area contributed by atoms with Crippen LogP contribution in [0.2, 0.25) is 0 Å². The highest BCUT2D eigenvalue weighted by atomic mass is 16.5. The second-order valence-corrected chi connectivity index (χ2v) is 7.67. The number of nitrogens with zero attached hydrogens (tertiary/aromatic N) is 1. The Morgan fingerprint density at radius 3 is 2.33 bits per heavy atom. The lowest BCUT2D eigenvalue weighted by atomic mass is 9.94. The largest absolute Gasteiger partial charge is 0.507 e. The summed E-state index contributed by atoms with van der Waals surface area (Å²) < 4.78 is 10.8. The van der Waals surface area contributed by atoms with Crippen LogP contribution in [0.1, 0.15) is 42.9 Å². The first-order valence-electron chi connectivity index (χ1n) is 10.7. The normalized spacial score (nSPS) is 17.3. The number of unbranched alkanes of at least 4 members (excludes halogenated alkanes) is 2. The minimum atomic E-state index is -0.874. The van der Waals surface area contributed by atoms with Gasteiger partial charge in [-0.25, -0.2) is 0 Å². The molecule has 1 unspecified atom stereocenters. The van der Waals surface area contributed by atoms with Crippen LogP contribution in [0.25, 0.3) is 5.76 Å². The van der Waals surface area contributed by atoms with Crippen molar-refractivity contribution in [1.82, 2.24) is 4.90 Å². The second kappa shape index (κ2) is 10.7. The number of methoxy groups -OCH3 is 2. The van der Waals surface area contributed by atoms with Crippen molar-refractivity contribution >= 4 is 23.4 Å². The van der Waals surface area contributed by atoms with Gasteiger partial charge in [-0.1, -0.05) is 36.8 Å². The molecule has 8 nitrogen and oxygen atoms in total. The Morgan fingerprint density at radius 1 is 0.970 bits per heavy atom. The van der Waals surface area contributed by atoms with E-state index in [9.17, 15) is 19.5 Å². The van der Waals surface area contributed by atoms with Crippen LogP contribution < -0.4 is 9.47 Å². The lowest BCUT2D eigenvalue weighted by Gasteiger charge is -2.27. The van der Waals surface area contributed by atoms with Gasteiger partial charge < -0.3 is 24.6 Å². The van der Waals surface area contributed by atoms with E-state index in [0.717, 1.165) is 0 Å². The van der Waals surface area contributed by atoms with Gasteiger partial charge in [-0.3, -0.25) is 14.4 Å². The molecule has 0 radical (unpaired) electrons. The molecule has 1 atom stereocenters. The molecular formula is C25H27NO7. The topological polar surface area (TPSA) is 113 Å². The van der Waals surface area contributed by atoms with Crippen LogP contribution in [0.5, 0.6) is 11.5 Å². The Balaban J connectivity index is 2.05. The highest BCUT2D eigenvalue weighted by molar-refractivity contribution is 6.46. The fourth-order valence-corrected chi connectivity index (χ4v) is 3.96. The zero-order valence-corrected chi connectivity index (χ0v) is 18.6. The Labute approximate surface area is 192 Å². The van der Waals surface area contributed by atoms with Gasteiger partial charge in [-0.05, 0) is 25.0 Å². The van der Waals surface area contributed by atoms with E-state index >= 15 is 0 Å². The molecule has 1 saturated heterocycles. The average molecular weight is 453 g/mol. The Bertz CT molecular complexity index is 1060. The summed E-state index contributed by atoms with van der Waals surface area (Å²) in [6.45, 7) is 0.232. The molecule has 1 fully saturated rings. The first kappa shape index (κ1) is 23.8. The highest BCUT2D eigenvalue weighted by Crippen LogP contribution is 2.43. The van der Waals surface area contributed by atoms with Crippen LogP contribution in [0.3, 0.4) is 0 Å². The molecule has 1 aliphatic heterocycles. The molecule has 1 heterocycles. The van der Waals surface area contributed by atoms with Crippen molar-refractivity contribution in [3.8, 4) is 11.5 Å². The van der Waals surface area contributed by atoms with Crippen molar-refractivity contribution in [2.24, 2.45) is 0 Å². The maximum absolute atomic E-state index is 13.1. The number of Topliss-reactive ketones (excluding diaryl/α,β-unsaturated/α-hetero) is 1. The smallest absolute Gasteiger partial charge is 0.303 e. The zero-order chi connectivity index (χ0) is 24.0. The number of hydrogen-bond donors (Lipinski definition) is 2. The van der Waals surface area contributed by atoms with Crippen LogP contribution in [-0.2, 0) is 14.4 Å². The van der Waals surface area contributed by atoms with Crippen LogP contribution >= 0.6 is 0 Å². The van der Waals surface area contributed by atoms with E-state index in [1.54, 1.807) is 48.5 Å². The maximum atomic E-state index is 13.1. The molecule has 8 heteroatoms. The van der Waals surface area contributed by atoms with E-state index in [0.29, 0.717) is 41.9 Å². The molecule has 2 N–H and O–H groups in total. The molecule has 2 aromatic rings. The van der Waals surface area contributed by atoms with Gasteiger partial charge in [0, 0.05) is 30.2 Å². The molecule has 0 aliphatic carbocycles. The Morgan fingerprint density at radius 2 is 1.70 bits per heavy atom. The van der Waals surface area contributed by atoms with Crippen molar-refractivity contribution in [3.63, 3.8) is 0 Å². The molecule has 0 aromatic heterocycles. The fourth-order valence-electron chi connectivity index (χ4n) is 3.96. The lowest BCUT2D eigenvalue weighted by molar-refractivity contribution is -0.140. The summed E-state index contributed by atoms with van der Waals surface area (Å²) in [7, 11) is 3.00. The molecular weight excluding hydrogens is 426 g/mol. The number of carbonyl (C=O) groups is 3. The zero-order valence-electron chi connectivity index (χ0n) is 18.6. The van der Waals surface area contributed by atoms with Gasteiger partial charge in [0.05, 0.1) is 25.8 Å². The number of hydrogen-bond acceptors (Lipinski definition) is 6. The second-order valence-electron chi connectivity index (χ2n) is 7.67. The molecule has 1 amide bonds. The molecule has 0 bridgehead atoms. The van der Waals surface area contributed by atoms with Gasteiger partial charge in [0.1, 0.15) is 17.3 Å². The Hall–Kier alpha value is -3.81. The van der Waals surface area contributed by atoms with Crippen molar-refractivity contribution in [3.05, 3.63) is 65.2 Å². The number of aliphatic hydroxyl groups excluding tert-OH is 1. The van der Waals surface area contributed by atoms with E-state index in [1.165, 1.54) is 19.1 Å². The number of carboxylic acids is 1. The highest BCUT2D eigenvalue weighted by Gasteiger charge is 2.46. The summed E-state index contributed by atoms with van der Waals surface area (Å²) in [4.78, 5) is 38.2. The molecule has 1 aliphatic rings. The van der Waals surface area contributed by atoms with E-state index < -0.39 is 23.7 Å². The third-order valence-electron chi connectivity index (χ3n) is 5.61. The molecule has 2 aromatic carbocycles. The lowest BCUT2D eigenvalue weighted by Crippen LogP contribution is -2.31. The number of aliphatic carboxylic acids is 1. The number of carbonyl (C=O) groups excluding carboxylic acids is 2. The van der Waals surface area contributed by atoms with E-state index in [-0.39, 0.29) is 24.3 Å². The Kier molecular flexibility index (Phi) is 7.71. The van der Waals surface area contributed by atoms with E-state index in [2.05, 4.69) is 0 Å². The fraction of sp³-hybridized carbons (Fsp3) is 0.320. The first-order chi connectivity index (χ1) is 15.9. The third-order valence-corrected chi connectivity index (χ3v) is 5.61.